The van der Waals surface area contributed by atoms with Crippen molar-refractivity contribution in [1.29, 1.82) is 0 Å². The highest BCUT2D eigenvalue weighted by atomic mass is 32.2. The number of aryl methyl sites for hydroxylation is 1. The fourth-order valence-electron chi connectivity index (χ4n) is 3.38. The number of hydrogen-bond donors (Lipinski definition) is 2. The maximum absolute atomic E-state index is 12.5. The smallest absolute Gasteiger partial charge is 0.279 e. The van der Waals surface area contributed by atoms with E-state index in [2.05, 4.69) is 50.4 Å². The number of benzene rings is 2. The van der Waals surface area contributed by atoms with E-state index in [9.17, 15) is 13.2 Å². The van der Waals surface area contributed by atoms with Crippen molar-refractivity contribution in [3.05, 3.63) is 59.7 Å². The van der Waals surface area contributed by atoms with Gasteiger partial charge in [-0.05, 0) is 30.2 Å². The molecule has 2 aromatic rings. The van der Waals surface area contributed by atoms with Crippen molar-refractivity contribution in [3.8, 4) is 0 Å². The summed E-state index contributed by atoms with van der Waals surface area (Å²) in [6.45, 7) is 6.72. The first-order valence-corrected chi connectivity index (χ1v) is 11.8. The van der Waals surface area contributed by atoms with E-state index < -0.39 is 10.0 Å². The first-order chi connectivity index (χ1) is 14.1. The number of rotatable bonds is 10. The van der Waals surface area contributed by atoms with Crippen molar-refractivity contribution in [2.45, 2.75) is 44.6 Å². The van der Waals surface area contributed by atoms with Crippen molar-refractivity contribution in [3.63, 3.8) is 0 Å². The largest absolute Gasteiger partial charge is 0.332 e. The van der Waals surface area contributed by atoms with Crippen molar-refractivity contribution in [2.75, 3.05) is 26.0 Å². The van der Waals surface area contributed by atoms with Gasteiger partial charge in [0.05, 0.1) is 4.90 Å². The van der Waals surface area contributed by atoms with Crippen LogP contribution in [-0.2, 0) is 21.2 Å². The van der Waals surface area contributed by atoms with Gasteiger partial charge in [-0.3, -0.25) is 4.79 Å². The molecule has 1 amide bonds. The molecule has 3 N–H and O–H groups in total. The third-order valence-corrected chi connectivity index (χ3v) is 6.89. The lowest BCUT2D eigenvalue weighted by atomic mass is 9.94. The van der Waals surface area contributed by atoms with Crippen LogP contribution in [0.5, 0.6) is 0 Å². The monoisotopic (exact) mass is 432 g/mol. The van der Waals surface area contributed by atoms with Crippen LogP contribution in [0.1, 0.15) is 44.4 Å². The molecule has 0 spiro atoms. The van der Waals surface area contributed by atoms with Crippen LogP contribution in [0.25, 0.3) is 0 Å². The van der Waals surface area contributed by atoms with Crippen LogP contribution in [0.15, 0.2) is 53.4 Å². The van der Waals surface area contributed by atoms with Gasteiger partial charge in [-0.15, -0.1) is 0 Å². The molecule has 0 aromatic heterocycles. The third kappa shape index (κ3) is 6.39. The molecule has 0 aliphatic rings. The molecular formula is C23H34N3O3S+. The van der Waals surface area contributed by atoms with Crippen LogP contribution in [0, 0.1) is 5.92 Å². The number of anilines is 1. The molecule has 7 heteroatoms. The summed E-state index contributed by atoms with van der Waals surface area (Å²) < 4.78 is 25.7. The summed E-state index contributed by atoms with van der Waals surface area (Å²) in [6.07, 6.45) is 2.19. The van der Waals surface area contributed by atoms with Crippen LogP contribution in [-0.4, -0.2) is 39.3 Å². The number of nitrogens with one attached hydrogen (secondary N) is 1. The molecular weight excluding hydrogens is 398 g/mol. The van der Waals surface area contributed by atoms with Crippen molar-refractivity contribution < 1.29 is 18.5 Å². The van der Waals surface area contributed by atoms with Gasteiger partial charge in [0.15, 0.2) is 6.54 Å². The number of hydrogen-bond acceptors (Lipinski definition) is 3. The van der Waals surface area contributed by atoms with E-state index in [1.165, 1.54) is 37.4 Å². The highest BCUT2D eigenvalue weighted by molar-refractivity contribution is 7.89. The predicted octanol–water partition coefficient (Wildman–Crippen LogP) is 2.79. The van der Waals surface area contributed by atoms with Gasteiger partial charge in [-0.2, -0.15) is 0 Å². The number of sulfonamides is 1. The number of nitrogens with two attached hydrogens (primary N) is 1. The standard InChI is InChI=1S/C23H33N3O3S/c1-6-8-18-11-13-19(14-12-18)23(17(2)3)24-16-22(27)25-20-9-7-10-21(15-20)30(28,29)26(4)5/h7,9-15,17,23-24H,6,8,16H2,1-5H3,(H,25,27)/p+1/t23-/m0/s1. The van der Waals surface area contributed by atoms with Gasteiger partial charge in [0.2, 0.25) is 10.0 Å². The molecule has 0 unspecified atom stereocenters. The van der Waals surface area contributed by atoms with Crippen LogP contribution in [0.3, 0.4) is 0 Å². The zero-order valence-corrected chi connectivity index (χ0v) is 19.4. The highest BCUT2D eigenvalue weighted by Gasteiger charge is 2.21. The van der Waals surface area contributed by atoms with Gasteiger partial charge in [0.1, 0.15) is 6.04 Å². The maximum atomic E-state index is 12.5. The van der Waals surface area contributed by atoms with E-state index in [1.54, 1.807) is 12.1 Å². The van der Waals surface area contributed by atoms with Crippen LogP contribution in [0.4, 0.5) is 5.69 Å². The van der Waals surface area contributed by atoms with Gasteiger partial charge in [-0.25, -0.2) is 12.7 Å². The Labute approximate surface area is 180 Å². The summed E-state index contributed by atoms with van der Waals surface area (Å²) in [5.74, 6) is 0.200. The van der Waals surface area contributed by atoms with E-state index >= 15 is 0 Å². The molecule has 30 heavy (non-hydrogen) atoms. The molecule has 2 aromatic carbocycles. The van der Waals surface area contributed by atoms with Crippen molar-refractivity contribution >= 4 is 21.6 Å². The average molecular weight is 433 g/mol. The van der Waals surface area contributed by atoms with E-state index in [1.807, 2.05) is 5.32 Å². The Balaban J connectivity index is 2.03. The Morgan fingerprint density at radius 3 is 2.33 bits per heavy atom. The molecule has 2 rings (SSSR count). The normalized spacial score (nSPS) is 12.9. The first kappa shape index (κ1) is 24.1. The Morgan fingerprint density at radius 2 is 1.77 bits per heavy atom. The Bertz CT molecular complexity index is 938. The quantitative estimate of drug-likeness (QED) is 0.606. The number of carbonyl (C=O) groups is 1. The second kappa shape index (κ2) is 10.7. The molecule has 0 saturated carbocycles. The molecule has 0 bridgehead atoms. The lowest BCUT2D eigenvalue weighted by Gasteiger charge is -2.20. The van der Waals surface area contributed by atoms with E-state index in [-0.39, 0.29) is 23.4 Å². The molecule has 0 radical (unpaired) electrons. The predicted molar refractivity (Wildman–Crippen MR) is 121 cm³/mol. The number of quaternary nitrogens is 1. The number of amides is 1. The Hall–Kier alpha value is -2.22. The topological polar surface area (TPSA) is 83.1 Å². The third-order valence-electron chi connectivity index (χ3n) is 5.08. The summed E-state index contributed by atoms with van der Waals surface area (Å²) in [5, 5.41) is 4.85. The minimum absolute atomic E-state index is 0.154. The van der Waals surface area contributed by atoms with Gasteiger partial charge in [0, 0.05) is 31.3 Å². The van der Waals surface area contributed by atoms with Crippen molar-refractivity contribution in [2.24, 2.45) is 5.92 Å². The van der Waals surface area contributed by atoms with E-state index in [4.69, 9.17) is 0 Å². The highest BCUT2D eigenvalue weighted by Crippen LogP contribution is 2.19. The fourth-order valence-corrected chi connectivity index (χ4v) is 4.33. The van der Waals surface area contributed by atoms with Crippen LogP contribution < -0.4 is 10.6 Å². The maximum Gasteiger partial charge on any atom is 0.279 e. The number of carbonyl (C=O) groups excluding carboxylic acids is 1. The summed E-state index contributed by atoms with van der Waals surface area (Å²) >= 11 is 0. The van der Waals surface area contributed by atoms with Gasteiger partial charge >= 0.3 is 0 Å². The molecule has 0 aliphatic heterocycles. The lowest BCUT2D eigenvalue weighted by Crippen LogP contribution is -2.88. The second-order valence-electron chi connectivity index (χ2n) is 8.06. The summed E-state index contributed by atoms with van der Waals surface area (Å²) in [6, 6.07) is 15.1. The Kier molecular flexibility index (Phi) is 8.58. The van der Waals surface area contributed by atoms with E-state index in [0.717, 1.165) is 17.1 Å². The number of nitrogens with zero attached hydrogens (tertiary/aromatic N) is 1. The van der Waals surface area contributed by atoms with Gasteiger partial charge in [-0.1, -0.05) is 57.5 Å². The summed E-state index contributed by atoms with van der Waals surface area (Å²) in [5.41, 5.74) is 3.01. The second-order valence-corrected chi connectivity index (χ2v) is 10.2. The minimum atomic E-state index is -3.54. The lowest BCUT2D eigenvalue weighted by molar-refractivity contribution is -0.692. The van der Waals surface area contributed by atoms with Crippen LogP contribution in [0.2, 0.25) is 0 Å². The molecule has 164 valence electrons. The molecule has 0 fully saturated rings. The molecule has 0 saturated heterocycles. The molecule has 6 nitrogen and oxygen atoms in total. The summed E-state index contributed by atoms with van der Waals surface area (Å²) in [4.78, 5) is 12.7. The van der Waals surface area contributed by atoms with Crippen molar-refractivity contribution in [1.82, 2.24) is 4.31 Å². The van der Waals surface area contributed by atoms with Gasteiger partial charge in [0.25, 0.3) is 5.91 Å². The van der Waals surface area contributed by atoms with E-state index in [0.29, 0.717) is 11.6 Å². The van der Waals surface area contributed by atoms with Crippen LogP contribution >= 0.6 is 0 Å². The minimum Gasteiger partial charge on any atom is -0.332 e. The first-order valence-electron chi connectivity index (χ1n) is 10.4. The van der Waals surface area contributed by atoms with Gasteiger partial charge < -0.3 is 10.6 Å². The molecule has 1 atom stereocenters. The fraction of sp³-hybridized carbons (Fsp3) is 0.435. The zero-order chi connectivity index (χ0) is 22.3. The average Bonchev–Trinajstić information content (AvgIpc) is 2.69. The summed E-state index contributed by atoms with van der Waals surface area (Å²) in [7, 11) is -0.577. The molecule has 0 heterocycles. The Morgan fingerprint density at radius 1 is 1.10 bits per heavy atom. The zero-order valence-electron chi connectivity index (χ0n) is 18.6. The SMILES string of the molecule is CCCc1ccc([C@@H]([NH2+]CC(=O)Nc2cccc(S(=O)(=O)N(C)C)c2)C(C)C)cc1. The molecule has 0 aliphatic carbocycles.